The lowest BCUT2D eigenvalue weighted by Crippen LogP contribution is -2.26. The summed E-state index contributed by atoms with van der Waals surface area (Å²) in [6.07, 6.45) is 6.39. The number of methoxy groups -OCH3 is 3. The Hall–Kier alpha value is -4.12. The number of rotatable bonds is 10. The molecule has 5 rings (SSSR count). The summed E-state index contributed by atoms with van der Waals surface area (Å²) < 4.78 is 17.1. The van der Waals surface area contributed by atoms with Gasteiger partial charge in [0.1, 0.15) is 0 Å². The van der Waals surface area contributed by atoms with Gasteiger partial charge in [0.05, 0.1) is 38.8 Å². The molecule has 0 radical (unpaired) electrons. The van der Waals surface area contributed by atoms with Gasteiger partial charge in [-0.15, -0.1) is 11.3 Å². The molecule has 3 aromatic rings. The highest BCUT2D eigenvalue weighted by atomic mass is 32.1. The van der Waals surface area contributed by atoms with Crippen LogP contribution < -0.4 is 35.6 Å². The third-order valence-corrected chi connectivity index (χ3v) is 8.98. The number of thiazole rings is 1. The van der Waals surface area contributed by atoms with Gasteiger partial charge < -0.3 is 30.2 Å². The quantitative estimate of drug-likeness (QED) is 0.274. The van der Waals surface area contributed by atoms with Crippen LogP contribution in [0.4, 0.5) is 10.8 Å². The van der Waals surface area contributed by atoms with Crippen molar-refractivity contribution in [2.45, 2.75) is 64.3 Å². The number of hydrogen-bond acceptors (Lipinski definition) is 9. The highest BCUT2D eigenvalue weighted by molar-refractivity contribution is 7.15. The number of amides is 2. The number of nitrogens with one attached hydrogen (secondary N) is 3. The number of hydrogen-bond donors (Lipinski definition) is 3. The molecular formula is C32H38N4O6S. The van der Waals surface area contributed by atoms with E-state index in [9.17, 15) is 14.4 Å². The topological polar surface area (TPSA) is 128 Å². The largest absolute Gasteiger partial charge is 0.493 e. The Morgan fingerprint density at radius 1 is 1.02 bits per heavy atom. The van der Waals surface area contributed by atoms with Gasteiger partial charge in [0.2, 0.25) is 23.0 Å². The average molecular weight is 607 g/mol. The van der Waals surface area contributed by atoms with Gasteiger partial charge in [-0.25, -0.2) is 4.98 Å². The van der Waals surface area contributed by atoms with Gasteiger partial charge in [0.25, 0.3) is 0 Å². The maximum atomic E-state index is 13.5. The van der Waals surface area contributed by atoms with Crippen LogP contribution in [0.5, 0.6) is 17.2 Å². The smallest absolute Gasteiger partial charge is 0.226 e. The third kappa shape index (κ3) is 6.61. The molecule has 1 atom stereocenters. The molecule has 2 aromatic carbocycles. The maximum Gasteiger partial charge on any atom is 0.226 e. The molecule has 1 aromatic heterocycles. The first-order valence-electron chi connectivity index (χ1n) is 14.6. The van der Waals surface area contributed by atoms with Crippen LogP contribution in [-0.4, -0.2) is 44.7 Å². The fraction of sp³-hybridized carbons (Fsp3) is 0.438. The van der Waals surface area contributed by atoms with E-state index in [1.807, 2.05) is 12.1 Å². The number of nitrogens with zero attached hydrogens (tertiary/aromatic N) is 1. The van der Waals surface area contributed by atoms with Crippen LogP contribution in [0.2, 0.25) is 0 Å². The summed E-state index contributed by atoms with van der Waals surface area (Å²) in [5, 5.41) is 9.83. The molecule has 43 heavy (non-hydrogen) atoms. The number of anilines is 2. The van der Waals surface area contributed by atoms with Gasteiger partial charge in [-0.05, 0) is 79.8 Å². The maximum absolute atomic E-state index is 13.5. The predicted octanol–water partition coefficient (Wildman–Crippen LogP) is 5.03. The van der Waals surface area contributed by atoms with E-state index in [2.05, 4.69) is 20.9 Å². The van der Waals surface area contributed by atoms with Crippen molar-refractivity contribution in [1.29, 1.82) is 0 Å². The lowest BCUT2D eigenvalue weighted by Gasteiger charge is -2.19. The first-order chi connectivity index (χ1) is 20.8. The first-order valence-corrected chi connectivity index (χ1v) is 15.4. The van der Waals surface area contributed by atoms with Gasteiger partial charge in [-0.2, -0.15) is 0 Å². The van der Waals surface area contributed by atoms with Crippen LogP contribution >= 0.6 is 11.3 Å². The van der Waals surface area contributed by atoms with Crippen molar-refractivity contribution >= 4 is 34.0 Å². The van der Waals surface area contributed by atoms with Crippen molar-refractivity contribution in [3.05, 3.63) is 56.2 Å². The van der Waals surface area contributed by atoms with Crippen molar-refractivity contribution in [2.24, 2.45) is 0 Å². The van der Waals surface area contributed by atoms with Crippen LogP contribution in [0.1, 0.15) is 66.8 Å². The molecule has 0 unspecified atom stereocenters. The predicted molar refractivity (Wildman–Crippen MR) is 168 cm³/mol. The van der Waals surface area contributed by atoms with Crippen LogP contribution in [0, 0.1) is 0 Å². The van der Waals surface area contributed by atoms with Gasteiger partial charge in [-0.3, -0.25) is 14.4 Å². The van der Waals surface area contributed by atoms with Crippen molar-refractivity contribution in [1.82, 2.24) is 10.3 Å². The second kappa shape index (κ2) is 13.5. The average Bonchev–Trinajstić information content (AvgIpc) is 3.26. The van der Waals surface area contributed by atoms with E-state index in [1.54, 1.807) is 44.8 Å². The monoisotopic (exact) mass is 606 g/mol. The van der Waals surface area contributed by atoms with Gasteiger partial charge in [-0.1, -0.05) is 6.07 Å². The third-order valence-electron chi connectivity index (χ3n) is 7.90. The van der Waals surface area contributed by atoms with Crippen molar-refractivity contribution in [3.8, 4) is 28.4 Å². The molecule has 0 aliphatic heterocycles. The van der Waals surface area contributed by atoms with Crippen molar-refractivity contribution in [2.75, 3.05) is 38.5 Å². The lowest BCUT2D eigenvalue weighted by atomic mass is 9.95. The Bertz CT molecular complexity index is 1560. The van der Waals surface area contributed by atoms with E-state index in [-0.39, 0.29) is 23.3 Å². The number of carbonyl (C=O) groups is 2. The molecule has 0 fully saturated rings. The molecule has 2 aliphatic carbocycles. The summed E-state index contributed by atoms with van der Waals surface area (Å²) in [5.41, 5.74) is 4.53. The number of benzene rings is 1. The summed E-state index contributed by atoms with van der Waals surface area (Å²) in [6.45, 7) is 1.91. The number of ether oxygens (including phenoxy) is 3. The lowest BCUT2D eigenvalue weighted by molar-refractivity contribution is -0.119. The minimum atomic E-state index is -0.380. The molecule has 0 bridgehead atoms. The second-order valence-electron chi connectivity index (χ2n) is 10.8. The molecule has 1 heterocycles. The fourth-order valence-corrected chi connectivity index (χ4v) is 6.98. The minimum Gasteiger partial charge on any atom is -0.493 e. The summed E-state index contributed by atoms with van der Waals surface area (Å²) >= 11 is 1.57. The standard InChI is InChI=1S/C32H38N4O6S/c1-18(37)34-22-13-11-19-16-26(40-2)30(41-3)31(42-4)29(19)20-12-14-23(25(38)17-21(20)22)33-15-7-10-28(39)36-32-35-24-8-5-6-9-27(24)43-32/h12,14,16-17,22H,5-11,13,15H2,1-4H3,(H,33,38)(H,34,37)(H,35,36,39)/t22-/m1/s1. The van der Waals surface area contributed by atoms with E-state index in [0.717, 1.165) is 41.6 Å². The molecule has 228 valence electrons. The zero-order valence-corrected chi connectivity index (χ0v) is 25.9. The Balaban J connectivity index is 1.37. The zero-order chi connectivity index (χ0) is 30.5. The van der Waals surface area contributed by atoms with E-state index < -0.39 is 0 Å². The van der Waals surface area contributed by atoms with Crippen molar-refractivity contribution in [3.63, 3.8) is 0 Å². The van der Waals surface area contributed by atoms with Gasteiger partial charge in [0, 0.05) is 30.3 Å². The van der Waals surface area contributed by atoms with Crippen LogP contribution in [0.25, 0.3) is 11.1 Å². The van der Waals surface area contributed by atoms with Crippen LogP contribution in [0.3, 0.4) is 0 Å². The van der Waals surface area contributed by atoms with Crippen LogP contribution in [0.15, 0.2) is 29.1 Å². The molecule has 10 nitrogen and oxygen atoms in total. The van der Waals surface area contributed by atoms with Gasteiger partial charge in [0.15, 0.2) is 16.6 Å². The van der Waals surface area contributed by atoms with E-state index in [0.29, 0.717) is 65.9 Å². The Kier molecular flexibility index (Phi) is 9.49. The first kappa shape index (κ1) is 30.3. The Labute approximate surface area is 255 Å². The molecule has 2 amide bonds. The summed E-state index contributed by atoms with van der Waals surface area (Å²) in [6, 6.07) is 6.75. The fourth-order valence-electron chi connectivity index (χ4n) is 5.91. The molecule has 2 aliphatic rings. The number of carbonyl (C=O) groups excluding carboxylic acids is 2. The normalized spacial score (nSPS) is 15.2. The van der Waals surface area contributed by atoms with E-state index in [1.165, 1.54) is 18.2 Å². The molecular weight excluding hydrogens is 568 g/mol. The molecule has 0 saturated carbocycles. The molecule has 3 N–H and O–H groups in total. The van der Waals surface area contributed by atoms with Crippen LogP contribution in [-0.2, 0) is 28.9 Å². The number of fused-ring (bicyclic) bond motifs is 4. The Morgan fingerprint density at radius 2 is 1.81 bits per heavy atom. The minimum absolute atomic E-state index is 0.0909. The number of aromatic nitrogens is 1. The summed E-state index contributed by atoms with van der Waals surface area (Å²) in [4.78, 5) is 44.0. The summed E-state index contributed by atoms with van der Waals surface area (Å²) in [7, 11) is 4.70. The van der Waals surface area contributed by atoms with Crippen molar-refractivity contribution < 1.29 is 23.8 Å². The molecule has 0 spiro atoms. The molecule has 0 saturated heterocycles. The van der Waals surface area contributed by atoms with Gasteiger partial charge >= 0.3 is 0 Å². The Morgan fingerprint density at radius 3 is 2.53 bits per heavy atom. The highest BCUT2D eigenvalue weighted by Crippen LogP contribution is 2.50. The van der Waals surface area contributed by atoms with E-state index >= 15 is 0 Å². The van der Waals surface area contributed by atoms with E-state index in [4.69, 9.17) is 14.2 Å². The summed E-state index contributed by atoms with van der Waals surface area (Å²) in [5.74, 6) is 1.23. The molecule has 11 heteroatoms. The zero-order valence-electron chi connectivity index (χ0n) is 25.1. The number of aryl methyl sites for hydroxylation is 3. The SMILES string of the molecule is COc1cc2c(c(OC)c1OC)-c1ccc(NCCCC(=O)Nc3nc4c(s3)CCCC4)c(=O)cc1[C@H](NC(C)=O)CC2. The second-order valence-corrected chi connectivity index (χ2v) is 11.9. The highest BCUT2D eigenvalue weighted by Gasteiger charge is 2.29.